The van der Waals surface area contributed by atoms with Crippen molar-refractivity contribution in [1.82, 2.24) is 14.9 Å². The van der Waals surface area contributed by atoms with Gasteiger partial charge in [-0.2, -0.15) is 0 Å². The summed E-state index contributed by atoms with van der Waals surface area (Å²) in [5, 5.41) is 3.71. The van der Waals surface area contributed by atoms with E-state index in [2.05, 4.69) is 19.8 Å². The van der Waals surface area contributed by atoms with E-state index in [4.69, 9.17) is 4.52 Å². The molecule has 2 aromatic rings. The average molecular weight is 350 g/mol. The summed E-state index contributed by atoms with van der Waals surface area (Å²) in [6.07, 6.45) is 5.51. The van der Waals surface area contributed by atoms with Gasteiger partial charge in [-0.3, -0.25) is 4.98 Å². The molecule has 0 bridgehead atoms. The zero-order valence-electron chi connectivity index (χ0n) is 13.9. The second kappa shape index (κ2) is 6.90. The van der Waals surface area contributed by atoms with E-state index >= 15 is 0 Å². The fourth-order valence-electron chi connectivity index (χ4n) is 3.09. The predicted molar refractivity (Wildman–Crippen MR) is 90.3 cm³/mol. The van der Waals surface area contributed by atoms with Crippen LogP contribution in [0.5, 0.6) is 0 Å². The molecular formula is C16H22N4O3S. The van der Waals surface area contributed by atoms with E-state index in [1.54, 1.807) is 20.0 Å². The molecule has 1 N–H and O–H groups in total. The Balaban J connectivity index is 1.55. The van der Waals surface area contributed by atoms with Gasteiger partial charge in [-0.15, -0.1) is 0 Å². The van der Waals surface area contributed by atoms with Crippen LogP contribution in [0.1, 0.15) is 24.3 Å². The van der Waals surface area contributed by atoms with Crippen LogP contribution in [0, 0.1) is 19.8 Å². The van der Waals surface area contributed by atoms with Gasteiger partial charge in [0.1, 0.15) is 10.6 Å². The van der Waals surface area contributed by atoms with Crippen LogP contribution in [0.15, 0.2) is 33.9 Å². The zero-order chi connectivity index (χ0) is 17.2. The minimum absolute atomic E-state index is 0.162. The molecule has 0 unspecified atom stereocenters. The molecule has 0 aromatic carbocycles. The van der Waals surface area contributed by atoms with E-state index in [1.165, 1.54) is 0 Å². The molecule has 24 heavy (non-hydrogen) atoms. The van der Waals surface area contributed by atoms with Crippen molar-refractivity contribution >= 4 is 15.7 Å². The van der Waals surface area contributed by atoms with Crippen LogP contribution in [-0.4, -0.2) is 38.2 Å². The number of nitrogens with zero attached hydrogens (tertiary/aromatic N) is 3. The lowest BCUT2D eigenvalue weighted by molar-refractivity contribution is 0.390. The lowest BCUT2D eigenvalue weighted by Gasteiger charge is -2.33. The van der Waals surface area contributed by atoms with Gasteiger partial charge in [0, 0.05) is 25.8 Å². The zero-order valence-corrected chi connectivity index (χ0v) is 14.7. The quantitative estimate of drug-likeness (QED) is 0.886. The number of hydrogen-bond donors (Lipinski definition) is 1. The molecule has 1 fully saturated rings. The molecule has 1 aliphatic heterocycles. The molecule has 1 saturated heterocycles. The Morgan fingerprint density at radius 3 is 2.67 bits per heavy atom. The van der Waals surface area contributed by atoms with Crippen LogP contribution in [0.3, 0.4) is 0 Å². The Morgan fingerprint density at radius 1 is 1.33 bits per heavy atom. The number of hydrogen-bond acceptors (Lipinski definition) is 6. The minimum Gasteiger partial charge on any atom is -0.370 e. The number of sulfonamides is 1. The Hall–Kier alpha value is -1.93. The van der Waals surface area contributed by atoms with Gasteiger partial charge in [-0.25, -0.2) is 13.1 Å². The summed E-state index contributed by atoms with van der Waals surface area (Å²) in [4.78, 5) is 6.59. The minimum atomic E-state index is -3.57. The molecule has 0 amide bonds. The normalized spacial score (nSPS) is 16.5. The lowest BCUT2D eigenvalue weighted by Crippen LogP contribution is -2.38. The summed E-state index contributed by atoms with van der Waals surface area (Å²) < 4.78 is 32.5. The maximum Gasteiger partial charge on any atom is 0.245 e. The van der Waals surface area contributed by atoms with Gasteiger partial charge in [0.2, 0.25) is 10.0 Å². The molecule has 0 saturated carbocycles. The Morgan fingerprint density at radius 2 is 2.08 bits per heavy atom. The van der Waals surface area contributed by atoms with Gasteiger partial charge in [0.25, 0.3) is 0 Å². The van der Waals surface area contributed by atoms with Crippen LogP contribution in [-0.2, 0) is 10.0 Å². The highest BCUT2D eigenvalue weighted by Gasteiger charge is 2.26. The predicted octanol–water partition coefficient (Wildman–Crippen LogP) is 1.88. The standard InChI is InChI=1S/C16H22N4O3S/c1-12-16(13(2)23-19-12)24(21,22)18-10-14-5-8-20(9-6-14)15-4-3-7-17-11-15/h3-4,7,11,14,18H,5-6,8-10H2,1-2H3. The van der Waals surface area contributed by atoms with Gasteiger partial charge in [-0.1, -0.05) is 5.16 Å². The molecule has 3 rings (SSSR count). The van der Waals surface area contributed by atoms with Crippen molar-refractivity contribution < 1.29 is 12.9 Å². The highest BCUT2D eigenvalue weighted by Crippen LogP contribution is 2.23. The fourth-order valence-corrected chi connectivity index (χ4v) is 4.54. The summed E-state index contributed by atoms with van der Waals surface area (Å²) in [6, 6.07) is 3.98. The molecule has 8 heteroatoms. The molecule has 0 aliphatic carbocycles. The smallest absolute Gasteiger partial charge is 0.245 e. The van der Waals surface area contributed by atoms with Gasteiger partial charge in [-0.05, 0) is 44.7 Å². The van der Waals surface area contributed by atoms with Gasteiger partial charge in [0.15, 0.2) is 5.76 Å². The summed E-state index contributed by atoms with van der Waals surface area (Å²) in [6.45, 7) is 5.50. The third kappa shape index (κ3) is 3.59. The van der Waals surface area contributed by atoms with Crippen molar-refractivity contribution in [2.75, 3.05) is 24.5 Å². The molecule has 7 nitrogen and oxygen atoms in total. The van der Waals surface area contributed by atoms with Crippen molar-refractivity contribution in [3.05, 3.63) is 36.0 Å². The van der Waals surface area contributed by atoms with Crippen molar-refractivity contribution in [2.24, 2.45) is 5.92 Å². The molecule has 130 valence electrons. The van der Waals surface area contributed by atoms with E-state index < -0.39 is 10.0 Å². The first-order valence-electron chi connectivity index (χ1n) is 8.05. The molecule has 0 atom stereocenters. The second-order valence-electron chi connectivity index (χ2n) is 6.15. The Labute approximate surface area is 142 Å². The van der Waals surface area contributed by atoms with E-state index in [0.29, 0.717) is 23.9 Å². The first-order valence-corrected chi connectivity index (χ1v) is 9.53. The highest BCUT2D eigenvalue weighted by atomic mass is 32.2. The van der Waals surface area contributed by atoms with E-state index in [0.717, 1.165) is 31.6 Å². The fraction of sp³-hybridized carbons (Fsp3) is 0.500. The van der Waals surface area contributed by atoms with Gasteiger partial charge < -0.3 is 9.42 Å². The van der Waals surface area contributed by atoms with E-state index in [1.807, 2.05) is 18.3 Å². The van der Waals surface area contributed by atoms with Gasteiger partial charge in [0.05, 0.1) is 11.9 Å². The maximum absolute atomic E-state index is 12.4. The van der Waals surface area contributed by atoms with Crippen LogP contribution >= 0.6 is 0 Å². The largest absolute Gasteiger partial charge is 0.370 e. The van der Waals surface area contributed by atoms with Crippen molar-refractivity contribution in [3.8, 4) is 0 Å². The number of aromatic nitrogens is 2. The van der Waals surface area contributed by atoms with Crippen LogP contribution < -0.4 is 9.62 Å². The molecule has 2 aromatic heterocycles. The molecule has 3 heterocycles. The summed E-state index contributed by atoms with van der Waals surface area (Å²) >= 11 is 0. The summed E-state index contributed by atoms with van der Waals surface area (Å²) in [7, 11) is -3.57. The Kier molecular flexibility index (Phi) is 4.86. The summed E-state index contributed by atoms with van der Waals surface area (Å²) in [5.41, 5.74) is 1.51. The first-order chi connectivity index (χ1) is 11.5. The molecular weight excluding hydrogens is 328 g/mol. The van der Waals surface area contributed by atoms with Crippen LogP contribution in [0.25, 0.3) is 0 Å². The SMILES string of the molecule is Cc1noc(C)c1S(=O)(=O)NCC1CCN(c2cccnc2)CC1. The number of pyridine rings is 1. The monoisotopic (exact) mass is 350 g/mol. The molecule has 0 radical (unpaired) electrons. The van der Waals surface area contributed by atoms with Crippen molar-refractivity contribution in [2.45, 2.75) is 31.6 Å². The third-order valence-electron chi connectivity index (χ3n) is 4.42. The second-order valence-corrected chi connectivity index (χ2v) is 7.85. The number of anilines is 1. The maximum atomic E-state index is 12.4. The van der Waals surface area contributed by atoms with Crippen molar-refractivity contribution in [3.63, 3.8) is 0 Å². The Bertz CT molecular complexity index is 761. The number of nitrogens with one attached hydrogen (secondary N) is 1. The number of aryl methyl sites for hydroxylation is 2. The first kappa shape index (κ1) is 16.9. The number of rotatable bonds is 5. The third-order valence-corrected chi connectivity index (χ3v) is 6.09. The van der Waals surface area contributed by atoms with E-state index in [9.17, 15) is 8.42 Å². The molecule has 1 aliphatic rings. The topological polar surface area (TPSA) is 88.3 Å². The van der Waals surface area contributed by atoms with Gasteiger partial charge >= 0.3 is 0 Å². The van der Waals surface area contributed by atoms with Crippen LogP contribution in [0.2, 0.25) is 0 Å². The molecule has 0 spiro atoms. The van der Waals surface area contributed by atoms with Crippen molar-refractivity contribution in [1.29, 1.82) is 0 Å². The highest BCUT2D eigenvalue weighted by molar-refractivity contribution is 7.89. The summed E-state index contributed by atoms with van der Waals surface area (Å²) in [5.74, 6) is 0.652. The van der Waals surface area contributed by atoms with Crippen LogP contribution in [0.4, 0.5) is 5.69 Å². The lowest BCUT2D eigenvalue weighted by atomic mass is 9.97. The average Bonchev–Trinajstić information content (AvgIpc) is 2.94. The van der Waals surface area contributed by atoms with E-state index in [-0.39, 0.29) is 4.90 Å². The number of piperidine rings is 1.